The summed E-state index contributed by atoms with van der Waals surface area (Å²) in [6.07, 6.45) is 9.44. The van der Waals surface area contributed by atoms with Crippen molar-refractivity contribution in [3.05, 3.63) is 58.9 Å². The van der Waals surface area contributed by atoms with Gasteiger partial charge in [0.2, 0.25) is 0 Å². The SMILES string of the molecule is COC(=O)[C@H](Cc1ccc(NC(=O)c2c(C)ccnc2C)cc1)NC(=S)C1(CCCCS(C)(=O)=O)CCCC1. The smallest absolute Gasteiger partial charge is 0.328 e. The highest BCUT2D eigenvalue weighted by Gasteiger charge is 2.39. The Morgan fingerprint density at radius 1 is 1.10 bits per heavy atom. The van der Waals surface area contributed by atoms with Crippen LogP contribution in [0, 0.1) is 19.3 Å². The number of nitrogens with one attached hydrogen (secondary N) is 2. The Kier molecular flexibility index (Phi) is 10.6. The predicted molar refractivity (Wildman–Crippen MR) is 158 cm³/mol. The number of carbonyl (C=O) groups is 2. The third kappa shape index (κ3) is 8.57. The van der Waals surface area contributed by atoms with Crippen LogP contribution in [0.2, 0.25) is 0 Å². The molecule has 39 heavy (non-hydrogen) atoms. The molecule has 1 fully saturated rings. The second-order valence-electron chi connectivity index (χ2n) is 10.6. The van der Waals surface area contributed by atoms with E-state index in [1.54, 1.807) is 31.3 Å². The Balaban J connectivity index is 1.66. The second-order valence-corrected chi connectivity index (χ2v) is 13.2. The number of carbonyl (C=O) groups excluding carboxylic acids is 2. The molecule has 1 saturated carbocycles. The Bertz CT molecular complexity index is 1270. The molecule has 0 unspecified atom stereocenters. The van der Waals surface area contributed by atoms with Crippen LogP contribution in [0.5, 0.6) is 0 Å². The molecule has 0 radical (unpaired) electrons. The molecule has 0 aliphatic heterocycles. The van der Waals surface area contributed by atoms with Crippen LogP contribution in [0.3, 0.4) is 0 Å². The minimum atomic E-state index is -2.99. The van der Waals surface area contributed by atoms with Crippen LogP contribution in [0.4, 0.5) is 5.69 Å². The summed E-state index contributed by atoms with van der Waals surface area (Å²) >= 11 is 5.85. The monoisotopic (exact) mass is 573 g/mol. The first-order valence-electron chi connectivity index (χ1n) is 13.3. The Morgan fingerprint density at radius 3 is 2.36 bits per heavy atom. The van der Waals surface area contributed by atoms with Gasteiger partial charge in [-0.3, -0.25) is 9.78 Å². The van der Waals surface area contributed by atoms with Gasteiger partial charge in [0.05, 0.1) is 23.4 Å². The van der Waals surface area contributed by atoms with Gasteiger partial charge in [0.15, 0.2) is 0 Å². The summed E-state index contributed by atoms with van der Waals surface area (Å²) in [4.78, 5) is 30.4. The maximum atomic E-state index is 12.8. The average molecular weight is 574 g/mol. The zero-order valence-electron chi connectivity index (χ0n) is 23.2. The van der Waals surface area contributed by atoms with Crippen molar-refractivity contribution in [3.8, 4) is 0 Å². The summed E-state index contributed by atoms with van der Waals surface area (Å²) in [7, 11) is -1.63. The molecule has 1 amide bonds. The highest BCUT2D eigenvalue weighted by atomic mass is 32.2. The molecule has 1 atom stereocenters. The van der Waals surface area contributed by atoms with Crippen molar-refractivity contribution in [2.45, 2.75) is 71.3 Å². The maximum Gasteiger partial charge on any atom is 0.328 e. The predicted octanol–water partition coefficient (Wildman–Crippen LogP) is 4.73. The lowest BCUT2D eigenvalue weighted by atomic mass is 9.80. The second kappa shape index (κ2) is 13.5. The van der Waals surface area contributed by atoms with Crippen molar-refractivity contribution < 1.29 is 22.7 Å². The van der Waals surface area contributed by atoms with Crippen LogP contribution in [-0.2, 0) is 25.8 Å². The number of hydrogen-bond donors (Lipinski definition) is 2. The molecule has 1 heterocycles. The van der Waals surface area contributed by atoms with E-state index in [4.69, 9.17) is 17.0 Å². The minimum Gasteiger partial charge on any atom is -0.467 e. The summed E-state index contributed by atoms with van der Waals surface area (Å²) in [5.41, 5.74) is 3.39. The summed E-state index contributed by atoms with van der Waals surface area (Å²) in [5, 5.41) is 6.22. The van der Waals surface area contributed by atoms with Crippen molar-refractivity contribution in [3.63, 3.8) is 0 Å². The van der Waals surface area contributed by atoms with Crippen LogP contribution in [0.25, 0.3) is 0 Å². The molecular weight excluding hydrogens is 534 g/mol. The number of aromatic nitrogens is 1. The van der Waals surface area contributed by atoms with Crippen molar-refractivity contribution in [1.82, 2.24) is 10.3 Å². The normalized spacial score (nSPS) is 15.4. The van der Waals surface area contributed by atoms with E-state index in [0.717, 1.165) is 49.7 Å². The number of methoxy groups -OCH3 is 1. The fraction of sp³-hybridized carbons (Fsp3) is 0.517. The number of amides is 1. The fourth-order valence-corrected chi connectivity index (χ4v) is 6.48. The highest BCUT2D eigenvalue weighted by molar-refractivity contribution is 7.90. The summed E-state index contributed by atoms with van der Waals surface area (Å²) < 4.78 is 28.1. The Morgan fingerprint density at radius 2 is 1.77 bits per heavy atom. The number of nitrogens with zero attached hydrogens (tertiary/aromatic N) is 1. The summed E-state index contributed by atoms with van der Waals surface area (Å²) in [5.74, 6) is -0.447. The standard InChI is InChI=1S/C29H39N3O5S2/c1-20-13-17-30-21(2)25(20)26(33)31-23-11-9-22(10-12-23)19-24(27(34)37-3)32-28(38)29(14-5-6-15-29)16-7-8-18-39(4,35)36/h9-13,17,24H,5-8,14-16,18-19H2,1-4H3,(H,31,33)(H,32,38)/t24-/m0/s1. The van der Waals surface area contributed by atoms with Crippen molar-refractivity contribution in [2.75, 3.05) is 24.4 Å². The van der Waals surface area contributed by atoms with E-state index in [1.807, 2.05) is 19.1 Å². The number of unbranched alkanes of at least 4 members (excludes halogenated alkanes) is 1. The molecule has 1 aliphatic rings. The molecule has 1 aromatic heterocycles. The van der Waals surface area contributed by atoms with Crippen LogP contribution in [0.1, 0.15) is 72.1 Å². The van der Waals surface area contributed by atoms with E-state index in [0.29, 0.717) is 34.8 Å². The van der Waals surface area contributed by atoms with E-state index < -0.39 is 21.8 Å². The van der Waals surface area contributed by atoms with Crippen LogP contribution >= 0.6 is 12.2 Å². The van der Waals surface area contributed by atoms with Gasteiger partial charge in [0.25, 0.3) is 5.91 Å². The number of sulfone groups is 1. The number of pyridine rings is 1. The third-order valence-electron chi connectivity index (χ3n) is 7.48. The number of ether oxygens (including phenoxy) is 1. The average Bonchev–Trinajstić information content (AvgIpc) is 3.36. The highest BCUT2D eigenvalue weighted by Crippen LogP contribution is 2.43. The van der Waals surface area contributed by atoms with Gasteiger partial charge in [-0.1, -0.05) is 43.6 Å². The van der Waals surface area contributed by atoms with Gasteiger partial charge in [0, 0.05) is 35.7 Å². The van der Waals surface area contributed by atoms with Crippen LogP contribution < -0.4 is 10.6 Å². The molecular formula is C29H39N3O5S2. The minimum absolute atomic E-state index is 0.173. The number of rotatable bonds is 12. The van der Waals surface area contributed by atoms with Crippen LogP contribution in [-0.4, -0.2) is 55.4 Å². The van der Waals surface area contributed by atoms with Gasteiger partial charge in [-0.2, -0.15) is 0 Å². The zero-order chi connectivity index (χ0) is 28.6. The summed E-state index contributed by atoms with van der Waals surface area (Å²) in [6, 6.07) is 8.51. The quantitative estimate of drug-likeness (QED) is 0.213. The first-order valence-corrected chi connectivity index (χ1v) is 15.8. The number of aryl methyl sites for hydroxylation is 2. The molecule has 2 aromatic rings. The first-order chi connectivity index (χ1) is 18.4. The molecule has 212 valence electrons. The molecule has 10 heteroatoms. The Hall–Kier alpha value is -2.85. The number of anilines is 1. The number of hydrogen-bond acceptors (Lipinski definition) is 7. The first kappa shape index (κ1) is 30.7. The van der Waals surface area contributed by atoms with Crippen LogP contribution in [0.15, 0.2) is 36.5 Å². The van der Waals surface area contributed by atoms with E-state index in [2.05, 4.69) is 15.6 Å². The lowest BCUT2D eigenvalue weighted by Gasteiger charge is -2.33. The van der Waals surface area contributed by atoms with E-state index in [1.165, 1.54) is 13.4 Å². The van der Waals surface area contributed by atoms with Crippen molar-refractivity contribution >= 4 is 44.6 Å². The molecule has 1 aliphatic carbocycles. The number of benzene rings is 1. The van der Waals surface area contributed by atoms with Gasteiger partial charge in [-0.15, -0.1) is 0 Å². The fourth-order valence-electron chi connectivity index (χ4n) is 5.31. The number of esters is 1. The number of thiocarbonyl (C=S) groups is 1. The van der Waals surface area contributed by atoms with E-state index >= 15 is 0 Å². The topological polar surface area (TPSA) is 114 Å². The van der Waals surface area contributed by atoms with Crippen molar-refractivity contribution in [1.29, 1.82) is 0 Å². The zero-order valence-corrected chi connectivity index (χ0v) is 24.8. The molecule has 3 rings (SSSR count). The van der Waals surface area contributed by atoms with Crippen molar-refractivity contribution in [2.24, 2.45) is 5.41 Å². The van der Waals surface area contributed by atoms with Gasteiger partial charge in [-0.25, -0.2) is 13.2 Å². The third-order valence-corrected chi connectivity index (χ3v) is 9.06. The lowest BCUT2D eigenvalue weighted by Crippen LogP contribution is -2.48. The maximum absolute atomic E-state index is 12.8. The molecule has 0 spiro atoms. The molecule has 0 saturated heterocycles. The molecule has 1 aromatic carbocycles. The largest absolute Gasteiger partial charge is 0.467 e. The Labute approximate surface area is 237 Å². The van der Waals surface area contributed by atoms with E-state index in [-0.39, 0.29) is 17.1 Å². The molecule has 8 nitrogen and oxygen atoms in total. The van der Waals surface area contributed by atoms with E-state index in [9.17, 15) is 18.0 Å². The molecule has 0 bridgehead atoms. The lowest BCUT2D eigenvalue weighted by molar-refractivity contribution is -0.142. The van der Waals surface area contributed by atoms with Gasteiger partial charge < -0.3 is 15.4 Å². The molecule has 2 N–H and O–H groups in total. The van der Waals surface area contributed by atoms with Gasteiger partial charge in [-0.05, 0) is 68.9 Å². The van der Waals surface area contributed by atoms with Gasteiger partial charge in [0.1, 0.15) is 15.9 Å². The summed E-state index contributed by atoms with van der Waals surface area (Å²) in [6.45, 7) is 3.68. The van der Waals surface area contributed by atoms with Gasteiger partial charge >= 0.3 is 5.97 Å².